The van der Waals surface area contributed by atoms with Gasteiger partial charge in [0.2, 0.25) is 0 Å². The standard InChI is InChI=1S/C75H86N2/c1-5-7-9-11-13-15-17-19-21-28-52-75(53-29-22-20-18-16-14-12-10-8-6-2)71-54-58(4)36-49-67(71)68-50-41-62(56-72(68)75)60-39-47-66(48-40-60)76(64-43-34-57(3)35-44-64)65-45-37-59(38-46-65)61-42-51-74-70(55-61)69-32-26-27-33-73(69)77(74)63-30-24-23-25-31-63/h23-27,30-51,54-56H,5-22,28-29,52-53H2,1-4H3. The smallest absolute Gasteiger partial charge is 0.0541 e. The van der Waals surface area contributed by atoms with E-state index in [1.807, 2.05) is 0 Å². The summed E-state index contributed by atoms with van der Waals surface area (Å²) in [4.78, 5) is 2.41. The molecular formula is C75H86N2. The van der Waals surface area contributed by atoms with E-state index < -0.39 is 0 Å². The highest BCUT2D eigenvalue weighted by molar-refractivity contribution is 6.10. The molecule has 0 saturated carbocycles. The Morgan fingerprint density at radius 2 is 0.753 bits per heavy atom. The molecule has 0 fully saturated rings. The van der Waals surface area contributed by atoms with E-state index in [0.717, 1.165) is 17.1 Å². The zero-order valence-electron chi connectivity index (χ0n) is 47.3. The molecule has 0 unspecified atom stereocenters. The number of para-hydroxylation sites is 2. The van der Waals surface area contributed by atoms with Gasteiger partial charge < -0.3 is 9.47 Å². The van der Waals surface area contributed by atoms with Crippen molar-refractivity contribution in [3.8, 4) is 39.1 Å². The molecule has 0 spiro atoms. The number of unbranched alkanes of at least 4 members (excludes halogenated alkanes) is 18. The molecule has 0 amide bonds. The fourth-order valence-electron chi connectivity index (χ4n) is 13.0. The number of hydrogen-bond donors (Lipinski definition) is 0. The van der Waals surface area contributed by atoms with Gasteiger partial charge in [-0.2, -0.15) is 0 Å². The van der Waals surface area contributed by atoms with E-state index in [4.69, 9.17) is 0 Å². The van der Waals surface area contributed by atoms with Crippen LogP contribution in [0.3, 0.4) is 0 Å². The lowest BCUT2D eigenvalue weighted by Gasteiger charge is -2.33. The van der Waals surface area contributed by atoms with Gasteiger partial charge in [-0.1, -0.05) is 263 Å². The first-order valence-corrected chi connectivity index (χ1v) is 30.4. The molecule has 0 bridgehead atoms. The Balaban J connectivity index is 0.916. The second-order valence-corrected chi connectivity index (χ2v) is 22.9. The predicted molar refractivity (Wildman–Crippen MR) is 335 cm³/mol. The SMILES string of the molecule is CCCCCCCCCCCCC1(CCCCCCCCCCCC)c2cc(C)ccc2-c2ccc(-c3ccc(N(c4ccc(C)cc4)c4ccc(-c5ccc6c(c5)c5ccccc5n6-c5ccccc5)cc4)cc3)cc21. The maximum Gasteiger partial charge on any atom is 0.0541 e. The molecule has 9 aromatic rings. The Bertz CT molecular complexity index is 3260. The van der Waals surface area contributed by atoms with Crippen LogP contribution in [0.1, 0.15) is 177 Å². The predicted octanol–water partition coefficient (Wildman–Crippen LogP) is 23.1. The molecule has 0 N–H and O–H groups in total. The van der Waals surface area contributed by atoms with Crippen LogP contribution >= 0.6 is 0 Å². The zero-order chi connectivity index (χ0) is 52.8. The molecular weight excluding hydrogens is 929 g/mol. The summed E-state index contributed by atoms with van der Waals surface area (Å²) in [5, 5.41) is 2.54. The number of benzene rings is 8. The molecule has 1 heterocycles. The van der Waals surface area contributed by atoms with Crippen molar-refractivity contribution in [2.45, 2.75) is 174 Å². The molecule has 396 valence electrons. The quantitative estimate of drug-likeness (QED) is 0.0444. The molecule has 0 saturated heterocycles. The number of nitrogens with zero attached hydrogens (tertiary/aromatic N) is 2. The third-order valence-corrected chi connectivity index (χ3v) is 17.3. The highest BCUT2D eigenvalue weighted by Gasteiger charge is 2.42. The van der Waals surface area contributed by atoms with Crippen molar-refractivity contribution in [1.82, 2.24) is 4.57 Å². The minimum Gasteiger partial charge on any atom is -0.311 e. The minimum atomic E-state index is 0.0497. The zero-order valence-corrected chi connectivity index (χ0v) is 47.3. The van der Waals surface area contributed by atoms with Crippen LogP contribution < -0.4 is 4.90 Å². The first-order valence-electron chi connectivity index (χ1n) is 30.4. The largest absolute Gasteiger partial charge is 0.311 e. The lowest BCUT2D eigenvalue weighted by Crippen LogP contribution is -2.25. The molecule has 1 aliphatic carbocycles. The second-order valence-electron chi connectivity index (χ2n) is 22.9. The summed E-state index contributed by atoms with van der Waals surface area (Å²) >= 11 is 0. The maximum absolute atomic E-state index is 2.62. The average Bonchev–Trinajstić information content (AvgIpc) is 4.19. The Kier molecular flexibility index (Phi) is 18.2. The van der Waals surface area contributed by atoms with Crippen LogP contribution in [0.2, 0.25) is 0 Å². The van der Waals surface area contributed by atoms with Crippen LogP contribution in [-0.4, -0.2) is 4.57 Å². The van der Waals surface area contributed by atoms with Gasteiger partial charge >= 0.3 is 0 Å². The summed E-state index contributed by atoms with van der Waals surface area (Å²) in [7, 11) is 0. The van der Waals surface area contributed by atoms with E-state index in [9.17, 15) is 0 Å². The van der Waals surface area contributed by atoms with Gasteiger partial charge in [-0.05, 0) is 144 Å². The van der Waals surface area contributed by atoms with Gasteiger partial charge in [0.05, 0.1) is 11.0 Å². The highest BCUT2D eigenvalue weighted by Crippen LogP contribution is 2.55. The Labute approximate surface area is 463 Å². The number of fused-ring (bicyclic) bond motifs is 6. The molecule has 2 nitrogen and oxygen atoms in total. The third kappa shape index (κ3) is 12.4. The highest BCUT2D eigenvalue weighted by atomic mass is 15.1. The van der Waals surface area contributed by atoms with Gasteiger partial charge in [0.15, 0.2) is 0 Å². The van der Waals surface area contributed by atoms with Gasteiger partial charge in [0.25, 0.3) is 0 Å². The lowest BCUT2D eigenvalue weighted by molar-refractivity contribution is 0.397. The third-order valence-electron chi connectivity index (χ3n) is 17.3. The first-order chi connectivity index (χ1) is 38.0. The van der Waals surface area contributed by atoms with Gasteiger partial charge in [-0.15, -0.1) is 0 Å². The van der Waals surface area contributed by atoms with Crippen molar-refractivity contribution in [3.63, 3.8) is 0 Å². The fourth-order valence-corrected chi connectivity index (χ4v) is 13.0. The first kappa shape index (κ1) is 53.7. The summed E-state index contributed by atoms with van der Waals surface area (Å²) in [5.74, 6) is 0. The van der Waals surface area contributed by atoms with Crippen LogP contribution in [0.25, 0.3) is 60.9 Å². The van der Waals surface area contributed by atoms with Crippen LogP contribution in [0.15, 0.2) is 182 Å². The van der Waals surface area contributed by atoms with E-state index in [1.54, 1.807) is 11.1 Å². The monoisotopic (exact) mass is 1010 g/mol. The van der Waals surface area contributed by atoms with E-state index in [2.05, 4.69) is 219 Å². The van der Waals surface area contributed by atoms with E-state index >= 15 is 0 Å². The second kappa shape index (κ2) is 26.1. The minimum absolute atomic E-state index is 0.0497. The van der Waals surface area contributed by atoms with Gasteiger partial charge in [-0.3, -0.25) is 0 Å². The van der Waals surface area contributed by atoms with Crippen molar-refractivity contribution >= 4 is 38.9 Å². The van der Waals surface area contributed by atoms with Crippen LogP contribution in [-0.2, 0) is 5.41 Å². The molecule has 0 radical (unpaired) electrons. The van der Waals surface area contributed by atoms with Crippen LogP contribution in [0.5, 0.6) is 0 Å². The number of aryl methyl sites for hydroxylation is 2. The normalized spacial score (nSPS) is 12.6. The van der Waals surface area contributed by atoms with Gasteiger partial charge in [0, 0.05) is 38.9 Å². The van der Waals surface area contributed by atoms with Crippen LogP contribution in [0, 0.1) is 13.8 Å². The summed E-state index contributed by atoms with van der Waals surface area (Å²) in [6.45, 7) is 9.12. The molecule has 8 aromatic carbocycles. The molecule has 1 aliphatic rings. The Morgan fingerprint density at radius 1 is 0.338 bits per heavy atom. The number of rotatable bonds is 28. The molecule has 10 rings (SSSR count). The summed E-state index contributed by atoms with van der Waals surface area (Å²) < 4.78 is 2.39. The van der Waals surface area contributed by atoms with Crippen LogP contribution in [0.4, 0.5) is 17.1 Å². The number of hydrogen-bond acceptors (Lipinski definition) is 1. The number of anilines is 3. The van der Waals surface area contributed by atoms with E-state index in [1.165, 1.54) is 213 Å². The summed E-state index contributed by atoms with van der Waals surface area (Å²) in [6.07, 6.45) is 29.9. The molecule has 0 aliphatic heterocycles. The molecule has 2 heteroatoms. The van der Waals surface area contributed by atoms with Crippen molar-refractivity contribution in [3.05, 3.63) is 204 Å². The average molecular weight is 1020 g/mol. The van der Waals surface area contributed by atoms with E-state index in [0.29, 0.717) is 0 Å². The maximum atomic E-state index is 2.62. The number of aromatic nitrogens is 1. The lowest BCUT2D eigenvalue weighted by atomic mass is 9.70. The van der Waals surface area contributed by atoms with Crippen molar-refractivity contribution in [2.24, 2.45) is 0 Å². The summed E-state index contributed by atoms with van der Waals surface area (Å²) in [6, 6.07) is 68.9. The van der Waals surface area contributed by atoms with E-state index in [-0.39, 0.29) is 5.41 Å². The topological polar surface area (TPSA) is 8.17 Å². The Hall–Kier alpha value is -6.64. The molecule has 1 aromatic heterocycles. The van der Waals surface area contributed by atoms with Crippen molar-refractivity contribution in [1.29, 1.82) is 0 Å². The van der Waals surface area contributed by atoms with Crippen molar-refractivity contribution in [2.75, 3.05) is 4.90 Å². The molecule has 77 heavy (non-hydrogen) atoms. The molecule has 0 atom stereocenters. The summed E-state index contributed by atoms with van der Waals surface area (Å²) in [5.41, 5.74) is 20.9. The van der Waals surface area contributed by atoms with Gasteiger partial charge in [-0.25, -0.2) is 0 Å². The Morgan fingerprint density at radius 3 is 1.31 bits per heavy atom. The fraction of sp³-hybridized carbons (Fsp3) is 0.360. The van der Waals surface area contributed by atoms with Crippen molar-refractivity contribution < 1.29 is 0 Å². The van der Waals surface area contributed by atoms with Gasteiger partial charge in [0.1, 0.15) is 0 Å².